The second-order valence-electron chi connectivity index (χ2n) is 8.15. The Morgan fingerprint density at radius 1 is 1.18 bits per heavy atom. The minimum atomic E-state index is -1.38. The summed E-state index contributed by atoms with van der Waals surface area (Å²) in [5.74, 6) is -1.69. The van der Waals surface area contributed by atoms with Gasteiger partial charge in [-0.15, -0.1) is 0 Å². The van der Waals surface area contributed by atoms with E-state index in [4.69, 9.17) is 4.74 Å². The lowest BCUT2D eigenvalue weighted by atomic mass is 9.73. The molecule has 1 aromatic heterocycles. The highest BCUT2D eigenvalue weighted by molar-refractivity contribution is 6.07. The smallest absolute Gasteiger partial charge is 0.336 e. The molecular formula is C26H24N4O4. The maximum atomic E-state index is 13.5. The van der Waals surface area contributed by atoms with E-state index in [1.54, 1.807) is 24.5 Å². The molecule has 0 spiro atoms. The number of benzene rings is 2. The van der Waals surface area contributed by atoms with Crippen LogP contribution in [-0.4, -0.2) is 33.5 Å². The van der Waals surface area contributed by atoms with Crippen molar-refractivity contribution in [1.82, 2.24) is 15.4 Å². The summed E-state index contributed by atoms with van der Waals surface area (Å²) in [6.45, 7) is 2.49. The summed E-state index contributed by atoms with van der Waals surface area (Å²) in [6, 6.07) is 20.5. The van der Waals surface area contributed by atoms with E-state index in [0.717, 1.165) is 11.1 Å². The number of hydrogen-bond donors (Lipinski definition) is 3. The van der Waals surface area contributed by atoms with Crippen LogP contribution in [0.3, 0.4) is 0 Å². The van der Waals surface area contributed by atoms with Crippen molar-refractivity contribution >= 4 is 17.6 Å². The van der Waals surface area contributed by atoms with Crippen molar-refractivity contribution < 1.29 is 19.4 Å². The number of likely N-dealkylation sites (N-methyl/N-ethyl adjacent to an activating group) is 1. The van der Waals surface area contributed by atoms with Crippen LogP contribution in [0.15, 0.2) is 90.4 Å². The summed E-state index contributed by atoms with van der Waals surface area (Å²) in [6.07, 6.45) is 2.46. The number of nitrogens with zero attached hydrogens (tertiary/aromatic N) is 2. The highest BCUT2D eigenvalue weighted by Gasteiger charge is 2.56. The van der Waals surface area contributed by atoms with Crippen molar-refractivity contribution in [1.29, 1.82) is 0 Å². The summed E-state index contributed by atoms with van der Waals surface area (Å²) in [7, 11) is 0. The van der Waals surface area contributed by atoms with E-state index in [-0.39, 0.29) is 11.3 Å². The molecule has 3 aromatic rings. The van der Waals surface area contributed by atoms with E-state index >= 15 is 0 Å². The van der Waals surface area contributed by atoms with Gasteiger partial charge in [-0.05, 0) is 35.7 Å². The molecule has 2 aromatic carbocycles. The zero-order valence-corrected chi connectivity index (χ0v) is 18.6. The summed E-state index contributed by atoms with van der Waals surface area (Å²) < 4.78 is 6.29. The lowest BCUT2D eigenvalue weighted by Gasteiger charge is -2.47. The first-order valence-electron chi connectivity index (χ1n) is 11.1. The van der Waals surface area contributed by atoms with E-state index in [2.05, 4.69) is 15.7 Å². The van der Waals surface area contributed by atoms with Gasteiger partial charge in [-0.3, -0.25) is 14.8 Å². The SMILES string of the molecule is CCN1NC(c2ccccc2)(C2OCc3ccccc32)C(C(=O)O)=C(Nc2cccnc2)C1=O. The average molecular weight is 457 g/mol. The number of ether oxygens (including phenoxy) is 1. The van der Waals surface area contributed by atoms with E-state index in [0.29, 0.717) is 24.4 Å². The molecule has 3 heterocycles. The molecule has 0 saturated heterocycles. The molecule has 0 radical (unpaired) electrons. The normalized spacial score (nSPS) is 22.0. The third-order valence-corrected chi connectivity index (χ3v) is 6.24. The molecule has 8 nitrogen and oxygen atoms in total. The largest absolute Gasteiger partial charge is 0.478 e. The van der Waals surface area contributed by atoms with E-state index in [1.807, 2.05) is 61.5 Å². The third kappa shape index (κ3) is 3.44. The summed E-state index contributed by atoms with van der Waals surface area (Å²) in [5, 5.41) is 15.1. The molecule has 2 atom stereocenters. The maximum absolute atomic E-state index is 13.5. The number of amides is 1. The Morgan fingerprint density at radius 2 is 1.94 bits per heavy atom. The quantitative estimate of drug-likeness (QED) is 0.523. The molecule has 8 heteroatoms. The highest BCUT2D eigenvalue weighted by atomic mass is 16.5. The second-order valence-corrected chi connectivity index (χ2v) is 8.15. The number of aromatic nitrogens is 1. The lowest BCUT2D eigenvalue weighted by molar-refractivity contribution is -0.144. The molecule has 3 N–H and O–H groups in total. The molecule has 2 unspecified atom stereocenters. The molecule has 34 heavy (non-hydrogen) atoms. The predicted octanol–water partition coefficient (Wildman–Crippen LogP) is 3.37. The molecule has 5 rings (SSSR count). The van der Waals surface area contributed by atoms with Crippen LogP contribution in [0.25, 0.3) is 0 Å². The first kappa shape index (κ1) is 21.8. The number of fused-ring (bicyclic) bond motifs is 1. The van der Waals surface area contributed by atoms with Crippen LogP contribution in [0.1, 0.15) is 29.7 Å². The number of hydrazine groups is 1. The van der Waals surface area contributed by atoms with Gasteiger partial charge in [0.2, 0.25) is 0 Å². The number of anilines is 1. The van der Waals surface area contributed by atoms with Gasteiger partial charge in [0.05, 0.1) is 24.1 Å². The molecule has 172 valence electrons. The summed E-state index contributed by atoms with van der Waals surface area (Å²) >= 11 is 0. The Hall–Kier alpha value is -4.01. The Balaban J connectivity index is 1.82. The summed E-state index contributed by atoms with van der Waals surface area (Å²) in [4.78, 5) is 30.5. The monoisotopic (exact) mass is 456 g/mol. The Morgan fingerprint density at radius 3 is 2.65 bits per heavy atom. The second kappa shape index (κ2) is 8.74. The fourth-order valence-corrected chi connectivity index (χ4v) is 4.75. The topological polar surface area (TPSA) is 104 Å². The van der Waals surface area contributed by atoms with Crippen LogP contribution < -0.4 is 10.7 Å². The van der Waals surface area contributed by atoms with Gasteiger partial charge in [0.15, 0.2) is 0 Å². The van der Waals surface area contributed by atoms with Gasteiger partial charge < -0.3 is 15.2 Å². The van der Waals surface area contributed by atoms with Crippen LogP contribution in [0, 0.1) is 0 Å². The highest BCUT2D eigenvalue weighted by Crippen LogP contribution is 2.50. The standard InChI is InChI=1S/C26H24N4O4/c1-2-30-24(31)22(28-19-12-8-14-27-15-19)21(25(32)33)26(29-30,18-10-4-3-5-11-18)23-20-13-7-6-9-17(20)16-34-23/h3-15,23,28-29H,2,16H2,1H3,(H,32,33). The van der Waals surface area contributed by atoms with E-state index in [1.165, 1.54) is 5.01 Å². The molecule has 0 aliphatic carbocycles. The summed E-state index contributed by atoms with van der Waals surface area (Å²) in [5.41, 5.74) is 4.80. The lowest BCUT2D eigenvalue weighted by Crippen LogP contribution is -2.64. The van der Waals surface area contributed by atoms with E-state index < -0.39 is 23.5 Å². The van der Waals surface area contributed by atoms with Crippen LogP contribution >= 0.6 is 0 Å². The van der Waals surface area contributed by atoms with Crippen molar-refractivity contribution in [2.75, 3.05) is 11.9 Å². The van der Waals surface area contributed by atoms with Crippen molar-refractivity contribution in [3.63, 3.8) is 0 Å². The molecule has 0 saturated carbocycles. The van der Waals surface area contributed by atoms with Crippen molar-refractivity contribution in [3.8, 4) is 0 Å². The number of carboxylic acid groups (broad SMARTS) is 1. The van der Waals surface area contributed by atoms with Crippen LogP contribution in [-0.2, 0) is 26.5 Å². The number of nitrogens with one attached hydrogen (secondary N) is 2. The van der Waals surface area contributed by atoms with Gasteiger partial charge in [-0.25, -0.2) is 10.2 Å². The number of carbonyl (C=O) groups is 2. The first-order chi connectivity index (χ1) is 16.6. The van der Waals surface area contributed by atoms with Gasteiger partial charge >= 0.3 is 5.97 Å². The molecule has 2 aliphatic heterocycles. The number of pyridine rings is 1. The van der Waals surface area contributed by atoms with E-state index in [9.17, 15) is 14.7 Å². The maximum Gasteiger partial charge on any atom is 0.336 e. The number of carboxylic acids is 1. The number of hydrogen-bond acceptors (Lipinski definition) is 6. The molecule has 2 aliphatic rings. The van der Waals surface area contributed by atoms with Gasteiger partial charge in [0.25, 0.3) is 5.91 Å². The minimum absolute atomic E-state index is 0.0297. The van der Waals surface area contributed by atoms with Crippen LogP contribution in [0.5, 0.6) is 0 Å². The number of carbonyl (C=O) groups excluding carboxylic acids is 1. The zero-order chi connectivity index (χ0) is 23.7. The minimum Gasteiger partial charge on any atom is -0.478 e. The first-order valence-corrected chi connectivity index (χ1v) is 11.1. The zero-order valence-electron chi connectivity index (χ0n) is 18.6. The van der Waals surface area contributed by atoms with Crippen molar-refractivity contribution in [2.24, 2.45) is 0 Å². The van der Waals surface area contributed by atoms with Gasteiger partial charge in [0, 0.05) is 12.7 Å². The Kier molecular flexibility index (Phi) is 5.61. The van der Waals surface area contributed by atoms with Crippen molar-refractivity contribution in [2.45, 2.75) is 25.2 Å². The Labute approximate surface area is 196 Å². The van der Waals surface area contributed by atoms with Crippen LogP contribution in [0.4, 0.5) is 5.69 Å². The van der Waals surface area contributed by atoms with Crippen LogP contribution in [0.2, 0.25) is 0 Å². The van der Waals surface area contributed by atoms with Gasteiger partial charge in [0.1, 0.15) is 17.3 Å². The van der Waals surface area contributed by atoms with Gasteiger partial charge in [-0.1, -0.05) is 54.6 Å². The third-order valence-electron chi connectivity index (χ3n) is 6.24. The fourth-order valence-electron chi connectivity index (χ4n) is 4.75. The van der Waals surface area contributed by atoms with Gasteiger partial charge in [-0.2, -0.15) is 0 Å². The molecular weight excluding hydrogens is 432 g/mol. The predicted molar refractivity (Wildman–Crippen MR) is 125 cm³/mol. The van der Waals surface area contributed by atoms with Crippen molar-refractivity contribution in [3.05, 3.63) is 107 Å². The molecule has 0 fully saturated rings. The number of aliphatic carboxylic acids is 1. The molecule has 1 amide bonds. The number of rotatable bonds is 6. The Bertz CT molecular complexity index is 1260. The average Bonchev–Trinajstić information content (AvgIpc) is 3.31. The molecule has 0 bridgehead atoms. The fraction of sp³-hybridized carbons (Fsp3) is 0.192.